The summed E-state index contributed by atoms with van der Waals surface area (Å²) in [5.41, 5.74) is 1.37. The predicted molar refractivity (Wildman–Crippen MR) is 92.0 cm³/mol. The van der Waals surface area contributed by atoms with Crippen molar-refractivity contribution in [2.24, 2.45) is 0 Å². The van der Waals surface area contributed by atoms with Gasteiger partial charge >= 0.3 is 0 Å². The molecule has 0 saturated carbocycles. The number of anilines is 1. The van der Waals surface area contributed by atoms with Crippen LogP contribution in [0.4, 0.5) is 5.69 Å². The number of nitrogens with zero attached hydrogens (tertiary/aromatic N) is 1. The smallest absolute Gasteiger partial charge is 0.259 e. The van der Waals surface area contributed by atoms with Crippen LogP contribution < -0.4 is 14.8 Å². The van der Waals surface area contributed by atoms with Gasteiger partial charge < -0.3 is 19.7 Å². The molecule has 0 saturated heterocycles. The van der Waals surface area contributed by atoms with Crippen molar-refractivity contribution in [3.8, 4) is 11.5 Å². The van der Waals surface area contributed by atoms with Crippen molar-refractivity contribution in [1.82, 2.24) is 4.90 Å². The van der Waals surface area contributed by atoms with Crippen molar-refractivity contribution < 1.29 is 19.1 Å². The minimum absolute atomic E-state index is 0.134. The van der Waals surface area contributed by atoms with E-state index in [-0.39, 0.29) is 11.8 Å². The fraction of sp³-hybridized carbons (Fsp3) is 0.222. The van der Waals surface area contributed by atoms with Crippen LogP contribution in [0.2, 0.25) is 0 Å². The van der Waals surface area contributed by atoms with Crippen molar-refractivity contribution in [1.29, 1.82) is 0 Å². The van der Waals surface area contributed by atoms with Gasteiger partial charge in [-0.25, -0.2) is 0 Å². The average Bonchev–Trinajstić information content (AvgIpc) is 2.60. The summed E-state index contributed by atoms with van der Waals surface area (Å²) in [7, 11) is 6.37. The van der Waals surface area contributed by atoms with Crippen LogP contribution in [-0.4, -0.2) is 45.0 Å². The second-order valence-corrected chi connectivity index (χ2v) is 5.30. The molecule has 0 aliphatic rings. The van der Waals surface area contributed by atoms with E-state index in [2.05, 4.69) is 5.32 Å². The highest BCUT2D eigenvalue weighted by molar-refractivity contribution is 6.07. The van der Waals surface area contributed by atoms with Gasteiger partial charge in [-0.2, -0.15) is 0 Å². The van der Waals surface area contributed by atoms with Crippen LogP contribution in [0.1, 0.15) is 20.7 Å². The van der Waals surface area contributed by atoms with E-state index in [9.17, 15) is 9.59 Å². The average molecular weight is 328 g/mol. The molecule has 126 valence electrons. The van der Waals surface area contributed by atoms with Crippen molar-refractivity contribution in [2.45, 2.75) is 0 Å². The third kappa shape index (κ3) is 3.84. The van der Waals surface area contributed by atoms with E-state index in [0.717, 1.165) is 0 Å². The van der Waals surface area contributed by atoms with E-state index in [0.29, 0.717) is 28.3 Å². The summed E-state index contributed by atoms with van der Waals surface area (Å²) < 4.78 is 10.4. The van der Waals surface area contributed by atoms with Gasteiger partial charge in [-0.05, 0) is 36.4 Å². The number of carbonyl (C=O) groups excluding carboxylic acids is 2. The van der Waals surface area contributed by atoms with Crippen LogP contribution >= 0.6 is 0 Å². The van der Waals surface area contributed by atoms with Crippen molar-refractivity contribution in [3.63, 3.8) is 0 Å². The normalized spacial score (nSPS) is 10.0. The van der Waals surface area contributed by atoms with Crippen molar-refractivity contribution in [2.75, 3.05) is 33.6 Å². The number of carbonyl (C=O) groups is 2. The molecule has 0 fully saturated rings. The standard InChI is InChI=1S/C18H20N2O4/c1-20(2)18(22)12-6-5-7-13(10-12)19-17(21)15-11-14(23-3)8-9-16(15)24-4/h5-11H,1-4H3,(H,19,21). The van der Waals surface area contributed by atoms with E-state index in [1.165, 1.54) is 19.1 Å². The summed E-state index contributed by atoms with van der Waals surface area (Å²) in [5, 5.41) is 2.77. The highest BCUT2D eigenvalue weighted by Crippen LogP contribution is 2.25. The van der Waals surface area contributed by atoms with Crippen LogP contribution in [0.15, 0.2) is 42.5 Å². The molecule has 2 aromatic carbocycles. The maximum Gasteiger partial charge on any atom is 0.259 e. The third-order valence-electron chi connectivity index (χ3n) is 3.42. The first-order valence-electron chi connectivity index (χ1n) is 7.31. The van der Waals surface area contributed by atoms with Gasteiger partial charge in [0.05, 0.1) is 19.8 Å². The van der Waals surface area contributed by atoms with Crippen molar-refractivity contribution >= 4 is 17.5 Å². The molecular weight excluding hydrogens is 308 g/mol. The minimum Gasteiger partial charge on any atom is -0.497 e. The highest BCUT2D eigenvalue weighted by atomic mass is 16.5. The number of nitrogens with one attached hydrogen (secondary N) is 1. The lowest BCUT2D eigenvalue weighted by Gasteiger charge is -2.13. The molecule has 2 aromatic rings. The SMILES string of the molecule is COc1ccc(OC)c(C(=O)Nc2cccc(C(=O)N(C)C)c2)c1. The Hall–Kier alpha value is -3.02. The summed E-state index contributed by atoms with van der Waals surface area (Å²) in [6.07, 6.45) is 0. The predicted octanol–water partition coefficient (Wildman–Crippen LogP) is 2.66. The van der Waals surface area contributed by atoms with Crippen LogP contribution in [0.3, 0.4) is 0 Å². The van der Waals surface area contributed by atoms with E-state index < -0.39 is 0 Å². The van der Waals surface area contributed by atoms with Crippen molar-refractivity contribution in [3.05, 3.63) is 53.6 Å². The number of hydrogen-bond acceptors (Lipinski definition) is 4. The van der Waals surface area contributed by atoms with Gasteiger partial charge in [-0.1, -0.05) is 6.07 Å². The van der Waals surface area contributed by atoms with E-state index >= 15 is 0 Å². The molecule has 6 heteroatoms. The number of benzene rings is 2. The van der Waals surface area contributed by atoms with Gasteiger partial charge in [-0.15, -0.1) is 0 Å². The Kier molecular flexibility index (Phi) is 5.42. The monoisotopic (exact) mass is 328 g/mol. The first-order valence-corrected chi connectivity index (χ1v) is 7.31. The molecule has 2 amide bonds. The van der Waals surface area contributed by atoms with Crippen LogP contribution in [0.25, 0.3) is 0 Å². The second-order valence-electron chi connectivity index (χ2n) is 5.30. The summed E-state index contributed by atoms with van der Waals surface area (Å²) in [6, 6.07) is 11.7. The Labute approximate surface area is 141 Å². The summed E-state index contributed by atoms with van der Waals surface area (Å²) in [4.78, 5) is 26.0. The van der Waals surface area contributed by atoms with E-state index in [1.807, 2.05) is 0 Å². The Bertz CT molecular complexity index is 756. The Morgan fingerprint density at radius 1 is 1.00 bits per heavy atom. The first kappa shape index (κ1) is 17.3. The summed E-state index contributed by atoms with van der Waals surface area (Å²) >= 11 is 0. The van der Waals surface area contributed by atoms with Gasteiger partial charge in [0.25, 0.3) is 11.8 Å². The van der Waals surface area contributed by atoms with E-state index in [4.69, 9.17) is 9.47 Å². The lowest BCUT2D eigenvalue weighted by Crippen LogP contribution is -2.22. The largest absolute Gasteiger partial charge is 0.497 e. The topological polar surface area (TPSA) is 67.9 Å². The van der Waals surface area contributed by atoms with Crippen LogP contribution in [-0.2, 0) is 0 Å². The highest BCUT2D eigenvalue weighted by Gasteiger charge is 2.15. The fourth-order valence-electron chi connectivity index (χ4n) is 2.18. The van der Waals surface area contributed by atoms with Gasteiger partial charge in [0.2, 0.25) is 0 Å². The van der Waals surface area contributed by atoms with Gasteiger partial charge in [0.1, 0.15) is 11.5 Å². The van der Waals surface area contributed by atoms with Crippen LogP contribution in [0.5, 0.6) is 11.5 Å². The lowest BCUT2D eigenvalue weighted by molar-refractivity contribution is 0.0827. The Balaban J connectivity index is 2.27. The molecule has 6 nitrogen and oxygen atoms in total. The number of rotatable bonds is 5. The lowest BCUT2D eigenvalue weighted by atomic mass is 10.1. The second kappa shape index (κ2) is 7.50. The molecular formula is C18H20N2O4. The fourth-order valence-corrected chi connectivity index (χ4v) is 2.18. The number of methoxy groups -OCH3 is 2. The molecule has 24 heavy (non-hydrogen) atoms. The Morgan fingerprint density at radius 3 is 2.38 bits per heavy atom. The van der Waals surface area contributed by atoms with Gasteiger partial charge in [-0.3, -0.25) is 9.59 Å². The van der Waals surface area contributed by atoms with Crippen LogP contribution in [0, 0.1) is 0 Å². The number of ether oxygens (including phenoxy) is 2. The molecule has 1 N–H and O–H groups in total. The zero-order valence-corrected chi connectivity index (χ0v) is 14.1. The minimum atomic E-state index is -0.347. The molecule has 0 aromatic heterocycles. The first-order chi connectivity index (χ1) is 11.5. The molecule has 0 heterocycles. The zero-order chi connectivity index (χ0) is 17.7. The third-order valence-corrected chi connectivity index (χ3v) is 3.42. The van der Waals surface area contributed by atoms with Gasteiger partial charge in [0.15, 0.2) is 0 Å². The molecule has 0 aliphatic carbocycles. The molecule has 0 bridgehead atoms. The quantitative estimate of drug-likeness (QED) is 0.916. The summed E-state index contributed by atoms with van der Waals surface area (Å²) in [5.74, 6) is 0.511. The number of hydrogen-bond donors (Lipinski definition) is 1. The Morgan fingerprint density at radius 2 is 1.75 bits per heavy atom. The maximum atomic E-state index is 12.5. The zero-order valence-electron chi connectivity index (χ0n) is 14.1. The maximum absolute atomic E-state index is 12.5. The molecule has 0 radical (unpaired) electrons. The van der Waals surface area contributed by atoms with Gasteiger partial charge in [0, 0.05) is 25.3 Å². The molecule has 0 aliphatic heterocycles. The molecule has 2 rings (SSSR count). The molecule has 0 unspecified atom stereocenters. The number of amides is 2. The summed E-state index contributed by atoms with van der Waals surface area (Å²) in [6.45, 7) is 0. The molecule has 0 spiro atoms. The molecule has 0 atom stereocenters. The van der Waals surface area contributed by atoms with E-state index in [1.54, 1.807) is 56.6 Å².